The van der Waals surface area contributed by atoms with E-state index in [1.807, 2.05) is 0 Å². The summed E-state index contributed by atoms with van der Waals surface area (Å²) in [5, 5.41) is -0.458. The zero-order valence-corrected chi connectivity index (χ0v) is 5.08. The summed E-state index contributed by atoms with van der Waals surface area (Å²) in [6, 6.07) is 0. The highest BCUT2D eigenvalue weighted by atomic mass is 32.2. The van der Waals surface area contributed by atoms with Gasteiger partial charge in [0, 0.05) is 13.2 Å². The zero-order chi connectivity index (χ0) is 6.15. The van der Waals surface area contributed by atoms with E-state index in [4.69, 9.17) is 0 Å². The summed E-state index contributed by atoms with van der Waals surface area (Å²) in [4.78, 5) is 1.18. The largest absolute Gasteiger partial charge is 0.339 e. The second-order valence-electron chi connectivity index (χ2n) is 1.51. The van der Waals surface area contributed by atoms with Gasteiger partial charge < -0.3 is 4.90 Å². The van der Waals surface area contributed by atoms with Gasteiger partial charge in [0.25, 0.3) is 0 Å². The summed E-state index contributed by atoms with van der Waals surface area (Å²) in [6.07, 6.45) is 1.13. The Morgan fingerprint density at radius 1 is 1.88 bits per heavy atom. The fourth-order valence-corrected chi connectivity index (χ4v) is 1.07. The molecule has 0 saturated heterocycles. The number of nitrogens with zero attached hydrogens (tertiary/aromatic N) is 1. The normalized spacial score (nSPS) is 28.6. The predicted octanol–water partition coefficient (Wildman–Crippen LogP) is 1.69. The third-order valence-electron chi connectivity index (χ3n) is 0.835. The molecule has 0 amide bonds. The van der Waals surface area contributed by atoms with Crippen LogP contribution in [-0.2, 0) is 0 Å². The first-order chi connectivity index (χ1) is 3.70. The van der Waals surface area contributed by atoms with Crippen molar-refractivity contribution in [3.8, 4) is 0 Å². The number of hydrogen-bond donors (Lipinski definition) is 0. The fourth-order valence-electron chi connectivity index (χ4n) is 0.425. The molecular weight excluding hydrogens is 132 g/mol. The van der Waals surface area contributed by atoms with E-state index in [1.165, 1.54) is 11.9 Å². The van der Waals surface area contributed by atoms with Crippen molar-refractivity contribution in [3.05, 3.63) is 11.4 Å². The number of halogens is 2. The van der Waals surface area contributed by atoms with E-state index in [0.717, 1.165) is 6.20 Å². The maximum atomic E-state index is 12.2. The molecule has 1 atom stereocenters. The Bertz CT molecular complexity index is 125. The minimum atomic E-state index is -1.23. The van der Waals surface area contributed by atoms with E-state index in [-0.39, 0.29) is 0 Å². The molecule has 0 fully saturated rings. The molecule has 1 heterocycles. The lowest BCUT2D eigenvalue weighted by molar-refractivity contribution is 0.261. The summed E-state index contributed by atoms with van der Waals surface area (Å²) in [5.74, 6) is 0. The molecule has 1 unspecified atom stereocenters. The third-order valence-corrected chi connectivity index (χ3v) is 1.69. The Morgan fingerprint density at radius 2 is 2.50 bits per heavy atom. The maximum absolute atomic E-state index is 12.2. The quantitative estimate of drug-likeness (QED) is 0.467. The lowest BCUT2D eigenvalue weighted by Crippen LogP contribution is -2.13. The van der Waals surface area contributed by atoms with Crippen LogP contribution in [0.3, 0.4) is 0 Å². The van der Waals surface area contributed by atoms with Crippen LogP contribution in [0.1, 0.15) is 0 Å². The minimum Gasteiger partial charge on any atom is -0.339 e. The molecule has 0 saturated carbocycles. The van der Waals surface area contributed by atoms with Gasteiger partial charge in [-0.1, -0.05) is 0 Å². The standard InChI is InChI=1S/C4H5F2NS/c1-7-2-3(5)8-4(7)6/h2,4H,1H3. The number of hydrogen-bond acceptors (Lipinski definition) is 2. The Hall–Kier alpha value is -0.250. The maximum Gasteiger partial charge on any atom is 0.225 e. The molecule has 46 valence electrons. The Morgan fingerprint density at radius 3 is 2.62 bits per heavy atom. The van der Waals surface area contributed by atoms with Crippen molar-refractivity contribution in [2.24, 2.45) is 0 Å². The van der Waals surface area contributed by atoms with E-state index in [1.54, 1.807) is 0 Å². The highest BCUT2D eigenvalue weighted by molar-refractivity contribution is 8.03. The van der Waals surface area contributed by atoms with Gasteiger partial charge in [-0.2, -0.15) is 4.39 Å². The van der Waals surface area contributed by atoms with Crippen LogP contribution in [0.25, 0.3) is 0 Å². The number of thioether (sulfide) groups is 1. The summed E-state index contributed by atoms with van der Waals surface area (Å²) < 4.78 is 24.1. The first kappa shape index (κ1) is 5.88. The number of alkyl halides is 1. The fraction of sp³-hybridized carbons (Fsp3) is 0.500. The van der Waals surface area contributed by atoms with E-state index in [9.17, 15) is 8.78 Å². The average Bonchev–Trinajstić information content (AvgIpc) is 1.85. The van der Waals surface area contributed by atoms with Gasteiger partial charge in [-0.25, -0.2) is 4.39 Å². The van der Waals surface area contributed by atoms with E-state index >= 15 is 0 Å². The van der Waals surface area contributed by atoms with Crippen molar-refractivity contribution >= 4 is 11.8 Å². The monoisotopic (exact) mass is 137 g/mol. The zero-order valence-electron chi connectivity index (χ0n) is 4.27. The smallest absolute Gasteiger partial charge is 0.225 e. The van der Waals surface area contributed by atoms with Crippen molar-refractivity contribution in [3.63, 3.8) is 0 Å². The van der Waals surface area contributed by atoms with Crippen LogP contribution in [0, 0.1) is 0 Å². The summed E-state index contributed by atoms with van der Waals surface area (Å²) >= 11 is 0.582. The van der Waals surface area contributed by atoms with Gasteiger partial charge in [0.05, 0.1) is 0 Å². The van der Waals surface area contributed by atoms with E-state index in [2.05, 4.69) is 0 Å². The van der Waals surface area contributed by atoms with Gasteiger partial charge in [-0.3, -0.25) is 0 Å². The highest BCUT2D eigenvalue weighted by Gasteiger charge is 2.20. The summed E-state index contributed by atoms with van der Waals surface area (Å²) in [7, 11) is 1.49. The second-order valence-corrected chi connectivity index (χ2v) is 2.52. The molecule has 0 aromatic carbocycles. The molecule has 0 spiro atoms. The van der Waals surface area contributed by atoms with Crippen molar-refractivity contribution in [1.82, 2.24) is 4.90 Å². The van der Waals surface area contributed by atoms with Crippen LogP contribution in [0.4, 0.5) is 8.78 Å². The van der Waals surface area contributed by atoms with Gasteiger partial charge in [0.15, 0.2) is 5.16 Å². The number of rotatable bonds is 0. The molecule has 0 aliphatic carbocycles. The van der Waals surface area contributed by atoms with Gasteiger partial charge in [-0.15, -0.1) is 0 Å². The van der Waals surface area contributed by atoms with E-state index in [0.29, 0.717) is 11.8 Å². The van der Waals surface area contributed by atoms with Gasteiger partial charge in [0.1, 0.15) is 0 Å². The Labute approximate surface area is 50.4 Å². The molecule has 1 rings (SSSR count). The minimum absolute atomic E-state index is 0.458. The summed E-state index contributed by atoms with van der Waals surface area (Å²) in [6.45, 7) is 0. The van der Waals surface area contributed by atoms with Crippen molar-refractivity contribution in [2.75, 3.05) is 7.05 Å². The van der Waals surface area contributed by atoms with Crippen LogP contribution >= 0.6 is 11.8 Å². The van der Waals surface area contributed by atoms with Crippen LogP contribution in [0.2, 0.25) is 0 Å². The predicted molar refractivity (Wildman–Crippen MR) is 29.4 cm³/mol. The molecule has 0 bridgehead atoms. The first-order valence-electron chi connectivity index (χ1n) is 2.10. The first-order valence-corrected chi connectivity index (χ1v) is 2.98. The lowest BCUT2D eigenvalue weighted by atomic mass is 10.8. The van der Waals surface area contributed by atoms with Gasteiger partial charge in [-0.05, 0) is 11.8 Å². The van der Waals surface area contributed by atoms with E-state index < -0.39 is 10.8 Å². The van der Waals surface area contributed by atoms with Crippen LogP contribution in [0.5, 0.6) is 0 Å². The van der Waals surface area contributed by atoms with Gasteiger partial charge >= 0.3 is 0 Å². The molecule has 0 aromatic rings. The van der Waals surface area contributed by atoms with Crippen molar-refractivity contribution in [1.29, 1.82) is 0 Å². The molecule has 0 radical (unpaired) electrons. The van der Waals surface area contributed by atoms with Gasteiger partial charge in [0.2, 0.25) is 5.63 Å². The highest BCUT2D eigenvalue weighted by Crippen LogP contribution is 2.32. The third kappa shape index (κ3) is 0.940. The molecule has 1 aliphatic rings. The molecular formula is C4H5F2NS. The van der Waals surface area contributed by atoms with Crippen LogP contribution < -0.4 is 0 Å². The molecule has 0 N–H and O–H groups in total. The SMILES string of the molecule is CN1C=C(F)SC1F. The average molecular weight is 137 g/mol. The van der Waals surface area contributed by atoms with Crippen LogP contribution in [-0.4, -0.2) is 17.6 Å². The molecule has 1 nitrogen and oxygen atoms in total. The molecule has 1 aliphatic heterocycles. The molecule has 4 heteroatoms. The Kier molecular flexibility index (Phi) is 1.42. The van der Waals surface area contributed by atoms with Crippen molar-refractivity contribution < 1.29 is 8.78 Å². The molecule has 8 heavy (non-hydrogen) atoms. The molecule has 0 aromatic heterocycles. The van der Waals surface area contributed by atoms with Crippen molar-refractivity contribution in [2.45, 2.75) is 5.63 Å². The summed E-state index contributed by atoms with van der Waals surface area (Å²) in [5.41, 5.74) is -1.23. The Balaban J connectivity index is 2.56. The van der Waals surface area contributed by atoms with Crippen LogP contribution in [0.15, 0.2) is 11.4 Å². The topological polar surface area (TPSA) is 3.24 Å². The second kappa shape index (κ2) is 1.93. The lowest BCUT2D eigenvalue weighted by Gasteiger charge is -2.08.